The molecule has 0 unspecified atom stereocenters. The van der Waals surface area contributed by atoms with Gasteiger partial charge in [0, 0.05) is 17.3 Å². The Bertz CT molecular complexity index is 1030. The molecule has 0 aliphatic rings. The molecule has 0 spiro atoms. The van der Waals surface area contributed by atoms with Crippen molar-refractivity contribution in [2.24, 2.45) is 0 Å². The molecule has 3 heterocycles. The van der Waals surface area contributed by atoms with E-state index in [1.54, 1.807) is 0 Å². The number of imidazole rings is 1. The van der Waals surface area contributed by atoms with E-state index in [1.807, 2.05) is 0 Å². The number of pyridine rings is 2. The summed E-state index contributed by atoms with van der Waals surface area (Å²) in [7, 11) is -3.54. The van der Waals surface area contributed by atoms with Gasteiger partial charge in [0.2, 0.25) is 0 Å². The Hall–Kier alpha value is -2.14. The summed E-state index contributed by atoms with van der Waals surface area (Å²) in [6.07, 6.45) is 2.47. The van der Waals surface area contributed by atoms with Crippen molar-refractivity contribution in [3.8, 4) is 11.5 Å². The molecule has 3 rings (SSSR count). The number of nitrogens with one attached hydrogen (secondary N) is 1. The molecule has 0 aliphatic carbocycles. The van der Waals surface area contributed by atoms with Crippen LogP contribution in [0.5, 0.6) is 0 Å². The van der Waals surface area contributed by atoms with Crippen LogP contribution in [0.25, 0.3) is 22.7 Å². The van der Waals surface area contributed by atoms with E-state index in [0.29, 0.717) is 0 Å². The summed E-state index contributed by atoms with van der Waals surface area (Å²) in [4.78, 5) is 14.8. The molecule has 0 amide bonds. The second-order valence-corrected chi connectivity index (χ2v) is 8.31. The first kappa shape index (κ1) is 17.7. The molecular formula is C14H11F3N4O2S2. The molecule has 0 radical (unpaired) electrons. The molecule has 0 fully saturated rings. The van der Waals surface area contributed by atoms with Gasteiger partial charge in [-0.25, -0.2) is 18.4 Å². The van der Waals surface area contributed by atoms with Crippen molar-refractivity contribution < 1.29 is 21.6 Å². The van der Waals surface area contributed by atoms with Gasteiger partial charge >= 0.3 is 5.51 Å². The number of rotatable bonds is 4. The topological polar surface area (TPSA) is 88.6 Å². The van der Waals surface area contributed by atoms with E-state index in [-0.39, 0.29) is 50.0 Å². The first-order chi connectivity index (χ1) is 11.7. The Morgan fingerprint density at radius 2 is 2.04 bits per heavy atom. The minimum atomic E-state index is -4.43. The van der Waals surface area contributed by atoms with E-state index in [4.69, 9.17) is 0 Å². The minimum absolute atomic E-state index is 0.00134. The first-order valence-corrected chi connectivity index (χ1v) is 9.46. The predicted molar refractivity (Wildman–Crippen MR) is 86.8 cm³/mol. The van der Waals surface area contributed by atoms with Crippen LogP contribution in [-0.4, -0.2) is 39.6 Å². The van der Waals surface area contributed by atoms with Crippen LogP contribution >= 0.6 is 11.8 Å². The average molecular weight is 388 g/mol. The van der Waals surface area contributed by atoms with Gasteiger partial charge in [-0.3, -0.25) is 4.98 Å². The lowest BCUT2D eigenvalue weighted by atomic mass is 10.3. The van der Waals surface area contributed by atoms with Crippen LogP contribution in [-0.2, 0) is 9.84 Å². The average Bonchev–Trinajstić information content (AvgIpc) is 2.96. The summed E-state index contributed by atoms with van der Waals surface area (Å²) >= 11 is -0.290. The van der Waals surface area contributed by atoms with E-state index in [1.165, 1.54) is 31.3 Å². The van der Waals surface area contributed by atoms with Crippen LogP contribution in [0.1, 0.15) is 6.92 Å². The third kappa shape index (κ3) is 3.76. The molecule has 0 atom stereocenters. The van der Waals surface area contributed by atoms with Crippen molar-refractivity contribution in [2.45, 2.75) is 22.2 Å². The molecule has 25 heavy (non-hydrogen) atoms. The second-order valence-electron chi connectivity index (χ2n) is 4.93. The molecule has 3 aromatic heterocycles. The summed E-state index contributed by atoms with van der Waals surface area (Å²) in [5.74, 6) is 0.0144. The van der Waals surface area contributed by atoms with Gasteiger partial charge < -0.3 is 4.98 Å². The highest BCUT2D eigenvalue weighted by atomic mass is 32.2. The number of alkyl halides is 3. The van der Waals surface area contributed by atoms with Crippen LogP contribution in [0.3, 0.4) is 0 Å². The van der Waals surface area contributed by atoms with E-state index in [9.17, 15) is 21.6 Å². The standard InChI is InChI=1S/C14H11F3N4O2S2/c1-2-25(22,23)10-4-3-5-18-11(10)13-20-9-6-8(24-14(15,16)17)7-19-12(9)21-13/h3-7H,2H2,1H3,(H,19,20,21). The van der Waals surface area contributed by atoms with Crippen molar-refractivity contribution in [3.05, 3.63) is 30.6 Å². The maximum Gasteiger partial charge on any atom is 0.446 e. The molecule has 132 valence electrons. The van der Waals surface area contributed by atoms with Crippen LogP contribution in [0.2, 0.25) is 0 Å². The fourth-order valence-corrected chi connectivity index (χ4v) is 3.75. The Kier molecular flexibility index (Phi) is 4.45. The molecule has 1 N–H and O–H groups in total. The lowest BCUT2D eigenvalue weighted by Gasteiger charge is -2.05. The number of hydrogen-bond donors (Lipinski definition) is 1. The molecule has 0 aromatic carbocycles. The van der Waals surface area contributed by atoms with Crippen molar-refractivity contribution >= 4 is 32.8 Å². The molecule has 0 saturated heterocycles. The normalized spacial score (nSPS) is 12.6. The third-order valence-electron chi connectivity index (χ3n) is 3.26. The van der Waals surface area contributed by atoms with Gasteiger partial charge in [-0.05, 0) is 30.0 Å². The van der Waals surface area contributed by atoms with Gasteiger partial charge in [-0.2, -0.15) is 13.2 Å². The number of sulfone groups is 1. The molecule has 11 heteroatoms. The highest BCUT2D eigenvalue weighted by molar-refractivity contribution is 8.00. The van der Waals surface area contributed by atoms with Gasteiger partial charge in [-0.1, -0.05) is 6.92 Å². The van der Waals surface area contributed by atoms with Crippen molar-refractivity contribution in [2.75, 3.05) is 5.75 Å². The summed E-state index contributed by atoms with van der Waals surface area (Å²) in [6.45, 7) is 1.51. The highest BCUT2D eigenvalue weighted by Crippen LogP contribution is 2.37. The van der Waals surface area contributed by atoms with Crippen LogP contribution in [0, 0.1) is 0 Å². The van der Waals surface area contributed by atoms with E-state index in [2.05, 4.69) is 19.9 Å². The lowest BCUT2D eigenvalue weighted by Crippen LogP contribution is -2.07. The van der Waals surface area contributed by atoms with E-state index in [0.717, 1.165) is 6.20 Å². The quantitative estimate of drug-likeness (QED) is 0.689. The minimum Gasteiger partial charge on any atom is -0.335 e. The fraction of sp³-hybridized carbons (Fsp3) is 0.214. The van der Waals surface area contributed by atoms with E-state index >= 15 is 0 Å². The van der Waals surface area contributed by atoms with Crippen molar-refractivity contribution in [1.82, 2.24) is 19.9 Å². The zero-order valence-corrected chi connectivity index (χ0v) is 14.3. The van der Waals surface area contributed by atoms with Gasteiger partial charge in [-0.15, -0.1) is 0 Å². The number of halogens is 3. The van der Waals surface area contributed by atoms with Crippen molar-refractivity contribution in [1.29, 1.82) is 0 Å². The van der Waals surface area contributed by atoms with E-state index < -0.39 is 15.3 Å². The Balaban J connectivity index is 2.09. The predicted octanol–water partition coefficient (Wildman–Crippen LogP) is 3.43. The summed E-state index contributed by atoms with van der Waals surface area (Å²) in [5, 5.41) is 0. The molecule has 3 aromatic rings. The second kappa shape index (κ2) is 6.30. The highest BCUT2D eigenvalue weighted by Gasteiger charge is 2.29. The summed E-state index contributed by atoms with van der Waals surface area (Å²) in [5.41, 5.74) is -3.89. The Morgan fingerprint density at radius 1 is 1.28 bits per heavy atom. The fourth-order valence-electron chi connectivity index (χ4n) is 2.16. The Labute approximate surface area is 144 Å². The largest absolute Gasteiger partial charge is 0.446 e. The van der Waals surface area contributed by atoms with Crippen LogP contribution in [0.4, 0.5) is 13.2 Å². The van der Waals surface area contributed by atoms with Gasteiger partial charge in [0.15, 0.2) is 21.3 Å². The zero-order valence-electron chi connectivity index (χ0n) is 12.7. The maximum atomic E-state index is 12.5. The van der Waals surface area contributed by atoms with Crippen molar-refractivity contribution in [3.63, 3.8) is 0 Å². The molecule has 0 aliphatic heterocycles. The molecular weight excluding hydrogens is 377 g/mol. The number of nitrogens with zero attached hydrogens (tertiary/aromatic N) is 3. The Morgan fingerprint density at radius 3 is 2.72 bits per heavy atom. The van der Waals surface area contributed by atoms with Crippen LogP contribution in [0.15, 0.2) is 40.4 Å². The van der Waals surface area contributed by atoms with Crippen LogP contribution < -0.4 is 0 Å². The number of aromatic nitrogens is 4. The summed E-state index contributed by atoms with van der Waals surface area (Å²) < 4.78 is 61.8. The number of thioether (sulfide) groups is 1. The monoisotopic (exact) mass is 388 g/mol. The molecule has 6 nitrogen and oxygen atoms in total. The lowest BCUT2D eigenvalue weighted by molar-refractivity contribution is -0.0328. The molecule has 0 saturated carbocycles. The number of hydrogen-bond acceptors (Lipinski definition) is 6. The maximum absolute atomic E-state index is 12.5. The molecule has 0 bridgehead atoms. The van der Waals surface area contributed by atoms with Gasteiger partial charge in [0.05, 0.1) is 16.2 Å². The van der Waals surface area contributed by atoms with Gasteiger partial charge in [0.1, 0.15) is 5.69 Å². The van der Waals surface area contributed by atoms with Gasteiger partial charge in [0.25, 0.3) is 0 Å². The number of H-pyrrole nitrogens is 1. The summed E-state index contributed by atoms with van der Waals surface area (Å²) in [6, 6.07) is 4.16. The number of aromatic amines is 1. The smallest absolute Gasteiger partial charge is 0.335 e. The number of fused-ring (bicyclic) bond motifs is 1. The zero-order chi connectivity index (χ0) is 18.2. The SMILES string of the molecule is CCS(=O)(=O)c1cccnc1-c1nc2ncc(SC(F)(F)F)cc2[nH]1. The third-order valence-corrected chi connectivity index (χ3v) is 5.71. The first-order valence-electron chi connectivity index (χ1n) is 6.99.